The Morgan fingerprint density at radius 2 is 1.37 bits per heavy atom. The molecule has 0 unspecified atom stereocenters. The van der Waals surface area contributed by atoms with Gasteiger partial charge in [-0.2, -0.15) is 13.2 Å². The van der Waals surface area contributed by atoms with Gasteiger partial charge in [-0.1, -0.05) is 0 Å². The van der Waals surface area contributed by atoms with Gasteiger partial charge in [-0.15, -0.1) is 0 Å². The van der Waals surface area contributed by atoms with Crippen LogP contribution in [-0.4, -0.2) is 46.4 Å². The molecule has 0 aliphatic heterocycles. The van der Waals surface area contributed by atoms with E-state index in [-0.39, 0.29) is 22.7 Å². The van der Waals surface area contributed by atoms with Crippen LogP contribution in [0.5, 0.6) is 23.0 Å². The Morgan fingerprint density at radius 3 is 1.83 bits per heavy atom. The summed E-state index contributed by atoms with van der Waals surface area (Å²) in [6.45, 7) is 0. The van der Waals surface area contributed by atoms with Crippen molar-refractivity contribution in [2.75, 3.05) is 39.1 Å². The number of halogens is 3. The van der Waals surface area contributed by atoms with Crippen molar-refractivity contribution in [2.45, 2.75) is 6.18 Å². The normalized spacial score (nSPS) is 10.8. The van der Waals surface area contributed by atoms with Gasteiger partial charge < -0.3 is 29.6 Å². The summed E-state index contributed by atoms with van der Waals surface area (Å²) in [6, 6.07) is 6.62. The molecule has 0 aliphatic rings. The lowest BCUT2D eigenvalue weighted by molar-refractivity contribution is -0.167. The van der Waals surface area contributed by atoms with Crippen LogP contribution in [0, 0.1) is 0 Å². The second-order valence-electron chi connectivity index (χ2n) is 5.74. The standard InChI is InChI=1S/C19H19F3N2O6/c1-27-13-6-5-10(7-12(13)24-18(26)19(20,21)22)17(25)23-11-8-14(28-2)16(30-4)15(9-11)29-3/h5-9H,1-4H3,(H,23,25)(H,24,26). The van der Waals surface area contributed by atoms with Crippen LogP contribution in [0.25, 0.3) is 0 Å². The van der Waals surface area contributed by atoms with Crippen LogP contribution in [0.3, 0.4) is 0 Å². The molecule has 2 amide bonds. The molecule has 0 bridgehead atoms. The largest absolute Gasteiger partial charge is 0.495 e. The Labute approximate surface area is 169 Å². The number of amides is 2. The summed E-state index contributed by atoms with van der Waals surface area (Å²) in [5, 5.41) is 4.26. The number of rotatable bonds is 7. The minimum absolute atomic E-state index is 0.0259. The topological polar surface area (TPSA) is 95.1 Å². The van der Waals surface area contributed by atoms with E-state index in [1.165, 1.54) is 52.7 Å². The van der Waals surface area contributed by atoms with Crippen molar-refractivity contribution < 1.29 is 41.7 Å². The molecule has 0 radical (unpaired) electrons. The minimum Gasteiger partial charge on any atom is -0.495 e. The zero-order valence-electron chi connectivity index (χ0n) is 16.5. The van der Waals surface area contributed by atoms with Crippen molar-refractivity contribution >= 4 is 23.2 Å². The number of hydrogen-bond donors (Lipinski definition) is 2. The number of benzene rings is 2. The number of ether oxygens (including phenoxy) is 4. The lowest BCUT2D eigenvalue weighted by Crippen LogP contribution is -2.30. The number of alkyl halides is 3. The third-order valence-corrected chi connectivity index (χ3v) is 3.89. The molecule has 162 valence electrons. The summed E-state index contributed by atoms with van der Waals surface area (Å²) in [4.78, 5) is 23.8. The van der Waals surface area contributed by atoms with Crippen molar-refractivity contribution in [3.63, 3.8) is 0 Å². The van der Waals surface area contributed by atoms with E-state index in [0.717, 1.165) is 6.07 Å². The van der Waals surface area contributed by atoms with Gasteiger partial charge in [-0.3, -0.25) is 9.59 Å². The Balaban J connectivity index is 2.33. The lowest BCUT2D eigenvalue weighted by atomic mass is 10.1. The fourth-order valence-electron chi connectivity index (χ4n) is 2.50. The number of anilines is 2. The van der Waals surface area contributed by atoms with Crippen molar-refractivity contribution in [1.82, 2.24) is 0 Å². The molecule has 8 nitrogen and oxygen atoms in total. The van der Waals surface area contributed by atoms with E-state index >= 15 is 0 Å². The molecule has 0 heterocycles. The maximum Gasteiger partial charge on any atom is 0.471 e. The Kier molecular flexibility index (Phi) is 6.98. The highest BCUT2D eigenvalue weighted by Gasteiger charge is 2.39. The molecule has 0 aliphatic carbocycles. The summed E-state index contributed by atoms with van der Waals surface area (Å²) in [5.74, 6) is -1.99. The molecule has 2 aromatic carbocycles. The van der Waals surface area contributed by atoms with Gasteiger partial charge in [0.05, 0.1) is 34.1 Å². The Hall–Kier alpha value is -3.63. The van der Waals surface area contributed by atoms with Crippen LogP contribution in [-0.2, 0) is 4.79 Å². The molecule has 0 spiro atoms. The van der Waals surface area contributed by atoms with Gasteiger partial charge in [0.2, 0.25) is 5.75 Å². The van der Waals surface area contributed by atoms with Crippen molar-refractivity contribution in [1.29, 1.82) is 0 Å². The molecular formula is C19H19F3N2O6. The number of nitrogens with one attached hydrogen (secondary N) is 2. The zero-order chi connectivity index (χ0) is 22.5. The molecule has 0 atom stereocenters. The summed E-state index contributed by atoms with van der Waals surface area (Å²) in [5.41, 5.74) is -0.0504. The second-order valence-corrected chi connectivity index (χ2v) is 5.74. The molecule has 2 rings (SSSR count). The van der Waals surface area contributed by atoms with E-state index < -0.39 is 18.0 Å². The third kappa shape index (κ3) is 5.04. The fraction of sp³-hybridized carbons (Fsp3) is 0.263. The molecule has 0 aromatic heterocycles. The monoisotopic (exact) mass is 428 g/mol. The van der Waals surface area contributed by atoms with Gasteiger partial charge >= 0.3 is 12.1 Å². The van der Waals surface area contributed by atoms with E-state index in [2.05, 4.69) is 5.32 Å². The van der Waals surface area contributed by atoms with Crippen molar-refractivity contribution in [3.05, 3.63) is 35.9 Å². The molecule has 2 aromatic rings. The van der Waals surface area contributed by atoms with E-state index in [9.17, 15) is 22.8 Å². The van der Waals surface area contributed by atoms with Crippen LogP contribution in [0.15, 0.2) is 30.3 Å². The molecule has 0 fully saturated rings. The molecule has 2 N–H and O–H groups in total. The first-order valence-corrected chi connectivity index (χ1v) is 8.32. The molecular weight excluding hydrogens is 409 g/mol. The molecule has 0 saturated heterocycles. The van der Waals surface area contributed by atoms with Gasteiger partial charge in [0.1, 0.15) is 5.75 Å². The van der Waals surface area contributed by atoms with E-state index in [0.29, 0.717) is 17.2 Å². The first-order valence-electron chi connectivity index (χ1n) is 8.32. The van der Waals surface area contributed by atoms with E-state index in [1.807, 2.05) is 0 Å². The number of carbonyl (C=O) groups excluding carboxylic acids is 2. The Bertz CT molecular complexity index is 921. The first kappa shape index (κ1) is 22.7. The van der Waals surface area contributed by atoms with E-state index in [4.69, 9.17) is 18.9 Å². The average molecular weight is 428 g/mol. The highest BCUT2D eigenvalue weighted by molar-refractivity contribution is 6.06. The minimum atomic E-state index is -5.10. The predicted octanol–water partition coefficient (Wildman–Crippen LogP) is 3.47. The van der Waals surface area contributed by atoms with Gasteiger partial charge in [-0.05, 0) is 18.2 Å². The highest BCUT2D eigenvalue weighted by Crippen LogP contribution is 2.40. The summed E-state index contributed by atoms with van der Waals surface area (Å²) < 4.78 is 58.2. The molecule has 30 heavy (non-hydrogen) atoms. The summed E-state index contributed by atoms with van der Waals surface area (Å²) in [7, 11) is 5.45. The number of carbonyl (C=O) groups is 2. The Morgan fingerprint density at radius 1 is 0.800 bits per heavy atom. The summed E-state index contributed by atoms with van der Waals surface area (Å²) >= 11 is 0. The van der Waals surface area contributed by atoms with Crippen LogP contribution in [0.2, 0.25) is 0 Å². The van der Waals surface area contributed by atoms with Crippen LogP contribution < -0.4 is 29.6 Å². The SMILES string of the molecule is COc1ccc(C(=O)Nc2cc(OC)c(OC)c(OC)c2)cc1NC(=O)C(F)(F)F. The summed E-state index contributed by atoms with van der Waals surface area (Å²) in [6.07, 6.45) is -5.10. The van der Waals surface area contributed by atoms with Gasteiger partial charge in [-0.25, -0.2) is 0 Å². The third-order valence-electron chi connectivity index (χ3n) is 3.89. The maximum atomic E-state index is 12.6. The fourth-order valence-corrected chi connectivity index (χ4v) is 2.50. The second kappa shape index (κ2) is 9.25. The van der Waals surface area contributed by atoms with Crippen LogP contribution in [0.4, 0.5) is 24.5 Å². The number of hydrogen-bond acceptors (Lipinski definition) is 6. The van der Waals surface area contributed by atoms with Crippen molar-refractivity contribution in [2.24, 2.45) is 0 Å². The zero-order valence-corrected chi connectivity index (χ0v) is 16.5. The molecule has 11 heteroatoms. The van der Waals surface area contributed by atoms with Crippen LogP contribution >= 0.6 is 0 Å². The maximum absolute atomic E-state index is 12.6. The van der Waals surface area contributed by atoms with Gasteiger partial charge in [0, 0.05) is 23.4 Å². The lowest BCUT2D eigenvalue weighted by Gasteiger charge is -2.15. The van der Waals surface area contributed by atoms with E-state index in [1.54, 1.807) is 5.32 Å². The van der Waals surface area contributed by atoms with Gasteiger partial charge in [0.25, 0.3) is 5.91 Å². The molecule has 0 saturated carbocycles. The number of methoxy groups -OCH3 is 4. The first-order chi connectivity index (χ1) is 14.1. The van der Waals surface area contributed by atoms with Gasteiger partial charge in [0.15, 0.2) is 11.5 Å². The smallest absolute Gasteiger partial charge is 0.471 e. The van der Waals surface area contributed by atoms with Crippen molar-refractivity contribution in [3.8, 4) is 23.0 Å². The predicted molar refractivity (Wildman–Crippen MR) is 102 cm³/mol. The highest BCUT2D eigenvalue weighted by atomic mass is 19.4. The quantitative estimate of drug-likeness (QED) is 0.701. The van der Waals surface area contributed by atoms with Crippen LogP contribution in [0.1, 0.15) is 10.4 Å². The average Bonchev–Trinajstić information content (AvgIpc) is 2.71.